The Morgan fingerprint density at radius 1 is 1.44 bits per heavy atom. The molecule has 2 aromatic rings. The van der Waals surface area contributed by atoms with Crippen molar-refractivity contribution in [2.45, 2.75) is 17.8 Å². The zero-order chi connectivity index (χ0) is 11.4. The van der Waals surface area contributed by atoms with E-state index in [2.05, 4.69) is 30.5 Å². The molecule has 2 rings (SSSR count). The summed E-state index contributed by atoms with van der Waals surface area (Å²) >= 11 is 1.53. The number of aromatic nitrogens is 5. The number of hydrogen-bond acceptors (Lipinski definition) is 6. The Morgan fingerprint density at radius 2 is 2.31 bits per heavy atom. The van der Waals surface area contributed by atoms with Gasteiger partial charge in [0.25, 0.3) is 0 Å². The van der Waals surface area contributed by atoms with Crippen molar-refractivity contribution in [2.24, 2.45) is 0 Å². The van der Waals surface area contributed by atoms with Gasteiger partial charge in [0.2, 0.25) is 0 Å². The first-order chi connectivity index (χ1) is 7.78. The minimum Gasteiger partial charge on any atom is -0.373 e. The van der Waals surface area contributed by atoms with Gasteiger partial charge in [-0.3, -0.25) is 5.10 Å². The number of aromatic amines is 1. The number of thioether (sulfide) groups is 1. The van der Waals surface area contributed by atoms with Crippen LogP contribution in [0.4, 0.5) is 5.82 Å². The molecule has 0 atom stereocenters. The highest BCUT2D eigenvalue weighted by Gasteiger charge is 2.03. The van der Waals surface area contributed by atoms with Crippen LogP contribution in [0.25, 0.3) is 0 Å². The smallest absolute Gasteiger partial charge is 0.183 e. The minimum absolute atomic E-state index is 0.672. The number of H-pyrrole nitrogens is 1. The lowest BCUT2D eigenvalue weighted by Crippen LogP contribution is -2.00. The second-order valence-corrected chi connectivity index (χ2v) is 4.10. The molecule has 0 spiro atoms. The molecule has 16 heavy (non-hydrogen) atoms. The maximum atomic E-state index is 4.35. The Morgan fingerprint density at radius 3 is 3.00 bits per heavy atom. The number of nitrogens with zero attached hydrogens (tertiary/aromatic N) is 4. The van der Waals surface area contributed by atoms with E-state index in [1.807, 2.05) is 20.0 Å². The van der Waals surface area contributed by atoms with Crippen LogP contribution in [0.3, 0.4) is 0 Å². The normalized spacial score (nSPS) is 10.4. The number of aryl methyl sites for hydroxylation is 1. The molecule has 2 heterocycles. The Kier molecular flexibility index (Phi) is 3.35. The second kappa shape index (κ2) is 4.93. The maximum absolute atomic E-state index is 4.35. The van der Waals surface area contributed by atoms with Crippen molar-refractivity contribution in [1.82, 2.24) is 25.1 Å². The van der Waals surface area contributed by atoms with Crippen LogP contribution in [0.15, 0.2) is 17.6 Å². The van der Waals surface area contributed by atoms with E-state index in [1.165, 1.54) is 18.1 Å². The zero-order valence-electron chi connectivity index (χ0n) is 9.06. The van der Waals surface area contributed by atoms with Crippen molar-refractivity contribution in [2.75, 3.05) is 12.4 Å². The van der Waals surface area contributed by atoms with E-state index < -0.39 is 0 Å². The summed E-state index contributed by atoms with van der Waals surface area (Å²) in [6.45, 7) is 1.95. The fourth-order valence-electron chi connectivity index (χ4n) is 1.22. The summed E-state index contributed by atoms with van der Waals surface area (Å²) in [7, 11) is 1.84. The predicted molar refractivity (Wildman–Crippen MR) is 62.3 cm³/mol. The van der Waals surface area contributed by atoms with Crippen LogP contribution in [0.2, 0.25) is 0 Å². The van der Waals surface area contributed by atoms with Crippen LogP contribution in [0.5, 0.6) is 0 Å². The Labute approximate surface area is 97.3 Å². The molecule has 0 aromatic carbocycles. The van der Waals surface area contributed by atoms with Gasteiger partial charge in [-0.2, -0.15) is 5.10 Å². The molecule has 0 unspecified atom stereocenters. The van der Waals surface area contributed by atoms with Gasteiger partial charge in [0.05, 0.1) is 5.75 Å². The molecule has 0 saturated heterocycles. The first kappa shape index (κ1) is 10.9. The van der Waals surface area contributed by atoms with Gasteiger partial charge in [-0.1, -0.05) is 11.8 Å². The van der Waals surface area contributed by atoms with Gasteiger partial charge in [0, 0.05) is 18.8 Å². The van der Waals surface area contributed by atoms with Crippen molar-refractivity contribution in [1.29, 1.82) is 0 Å². The average molecular weight is 236 g/mol. The van der Waals surface area contributed by atoms with E-state index in [0.717, 1.165) is 22.5 Å². The van der Waals surface area contributed by atoms with Gasteiger partial charge in [0.1, 0.15) is 18.0 Å². The highest BCUT2D eigenvalue weighted by molar-refractivity contribution is 7.98. The second-order valence-electron chi connectivity index (χ2n) is 3.14. The monoisotopic (exact) mass is 236 g/mol. The summed E-state index contributed by atoms with van der Waals surface area (Å²) in [4.78, 5) is 12.7. The Hall–Kier alpha value is -1.63. The van der Waals surface area contributed by atoms with E-state index >= 15 is 0 Å². The molecule has 0 saturated carbocycles. The van der Waals surface area contributed by atoms with Gasteiger partial charge in [0.15, 0.2) is 5.16 Å². The number of hydrogen-bond donors (Lipinski definition) is 2. The molecule has 7 heteroatoms. The number of anilines is 1. The third-order valence-electron chi connectivity index (χ3n) is 1.89. The van der Waals surface area contributed by atoms with Crippen LogP contribution >= 0.6 is 11.8 Å². The largest absolute Gasteiger partial charge is 0.373 e. The molecule has 6 nitrogen and oxygen atoms in total. The van der Waals surface area contributed by atoms with E-state index in [1.54, 1.807) is 0 Å². The van der Waals surface area contributed by atoms with Crippen LogP contribution < -0.4 is 5.32 Å². The minimum atomic E-state index is 0.672. The van der Waals surface area contributed by atoms with Crippen molar-refractivity contribution < 1.29 is 0 Å². The van der Waals surface area contributed by atoms with Crippen LogP contribution in [0.1, 0.15) is 11.5 Å². The quantitative estimate of drug-likeness (QED) is 0.777. The van der Waals surface area contributed by atoms with E-state index in [4.69, 9.17) is 0 Å². The highest BCUT2D eigenvalue weighted by atomic mass is 32.2. The summed E-state index contributed by atoms with van der Waals surface area (Å²) in [5.41, 5.74) is 0.951. The van der Waals surface area contributed by atoms with E-state index in [0.29, 0.717) is 5.75 Å². The number of rotatable bonds is 4. The Bertz CT molecular complexity index is 455. The lowest BCUT2D eigenvalue weighted by atomic mass is 10.4. The third-order valence-corrected chi connectivity index (χ3v) is 2.76. The molecule has 0 aliphatic heterocycles. The fraction of sp³-hybridized carbons (Fsp3) is 0.333. The molecular weight excluding hydrogens is 224 g/mol. The molecule has 0 aliphatic rings. The Balaban J connectivity index is 2.06. The van der Waals surface area contributed by atoms with Gasteiger partial charge in [-0.05, 0) is 6.92 Å². The molecular formula is C9H12N6S. The number of nitrogens with one attached hydrogen (secondary N) is 2. The van der Waals surface area contributed by atoms with Crippen LogP contribution in [0, 0.1) is 6.92 Å². The van der Waals surface area contributed by atoms with Gasteiger partial charge in [-0.25, -0.2) is 15.0 Å². The summed E-state index contributed by atoms with van der Waals surface area (Å²) < 4.78 is 0. The summed E-state index contributed by atoms with van der Waals surface area (Å²) in [5, 5.41) is 10.3. The van der Waals surface area contributed by atoms with Crippen molar-refractivity contribution in [3.8, 4) is 0 Å². The van der Waals surface area contributed by atoms with Crippen molar-refractivity contribution in [3.05, 3.63) is 23.9 Å². The fourth-order valence-corrected chi connectivity index (χ4v) is 1.85. The molecule has 0 bridgehead atoms. The molecule has 2 aromatic heterocycles. The van der Waals surface area contributed by atoms with Crippen LogP contribution in [-0.2, 0) is 5.75 Å². The summed E-state index contributed by atoms with van der Waals surface area (Å²) in [5.74, 6) is 2.29. The molecule has 0 radical (unpaired) electrons. The molecule has 0 amide bonds. The van der Waals surface area contributed by atoms with Gasteiger partial charge in [-0.15, -0.1) is 0 Å². The van der Waals surface area contributed by atoms with Crippen LogP contribution in [-0.4, -0.2) is 32.2 Å². The van der Waals surface area contributed by atoms with Crippen molar-refractivity contribution in [3.63, 3.8) is 0 Å². The lowest BCUT2D eigenvalue weighted by Gasteiger charge is -2.04. The molecule has 84 valence electrons. The molecule has 0 fully saturated rings. The molecule has 0 aliphatic carbocycles. The average Bonchev–Trinajstić information content (AvgIpc) is 2.78. The van der Waals surface area contributed by atoms with E-state index in [-0.39, 0.29) is 0 Å². The molecule has 2 N–H and O–H groups in total. The highest BCUT2D eigenvalue weighted by Crippen LogP contribution is 2.17. The zero-order valence-corrected chi connectivity index (χ0v) is 9.88. The standard InChI is InChI=1S/C9H12N6S/c1-6-3-7(10-2)14-8(13-6)4-16-9-11-5-12-15-9/h3,5H,4H2,1-2H3,(H,10,13,14)(H,11,12,15). The van der Waals surface area contributed by atoms with E-state index in [9.17, 15) is 0 Å². The maximum Gasteiger partial charge on any atom is 0.183 e. The van der Waals surface area contributed by atoms with Crippen molar-refractivity contribution >= 4 is 17.6 Å². The predicted octanol–water partition coefficient (Wildman–Crippen LogP) is 1.24. The van der Waals surface area contributed by atoms with Gasteiger partial charge < -0.3 is 5.32 Å². The SMILES string of the molecule is CNc1cc(C)nc(CSc2ncn[nH]2)n1. The topological polar surface area (TPSA) is 79.4 Å². The lowest BCUT2D eigenvalue weighted by molar-refractivity contribution is 0.959. The summed E-state index contributed by atoms with van der Waals surface area (Å²) in [6.07, 6.45) is 1.48. The summed E-state index contributed by atoms with van der Waals surface area (Å²) in [6, 6.07) is 1.91. The third kappa shape index (κ3) is 2.69. The first-order valence-corrected chi connectivity index (χ1v) is 5.77. The van der Waals surface area contributed by atoms with Gasteiger partial charge >= 0.3 is 0 Å². The first-order valence-electron chi connectivity index (χ1n) is 4.78.